The lowest BCUT2D eigenvalue weighted by Crippen LogP contribution is -2.43. The summed E-state index contributed by atoms with van der Waals surface area (Å²) in [5.74, 6) is -2.98. The number of piperidine rings is 1. The van der Waals surface area contributed by atoms with Gasteiger partial charge in [0.15, 0.2) is 29.7 Å². The quantitative estimate of drug-likeness (QED) is 0.506. The molecule has 0 N–H and O–H groups in total. The molecule has 1 saturated heterocycles. The molecule has 1 aliphatic carbocycles. The highest BCUT2D eigenvalue weighted by Gasteiger charge is 2.58. The van der Waals surface area contributed by atoms with Gasteiger partial charge in [-0.2, -0.15) is 32.0 Å². The highest BCUT2D eigenvalue weighted by molar-refractivity contribution is 5.52. The van der Waals surface area contributed by atoms with Crippen molar-refractivity contribution in [2.75, 3.05) is 24.6 Å². The average Bonchev–Trinajstić information content (AvgIpc) is 3.41. The van der Waals surface area contributed by atoms with Gasteiger partial charge in [-0.25, -0.2) is 9.50 Å². The van der Waals surface area contributed by atoms with Gasteiger partial charge in [-0.1, -0.05) is 5.16 Å². The number of alkyl halides is 5. The number of halogens is 5. The van der Waals surface area contributed by atoms with E-state index in [-0.39, 0.29) is 11.4 Å². The van der Waals surface area contributed by atoms with Crippen LogP contribution in [0.2, 0.25) is 0 Å². The van der Waals surface area contributed by atoms with Crippen molar-refractivity contribution in [3.63, 3.8) is 0 Å². The van der Waals surface area contributed by atoms with Crippen molar-refractivity contribution in [1.29, 1.82) is 0 Å². The summed E-state index contributed by atoms with van der Waals surface area (Å²) in [4.78, 5) is 10.8. The Kier molecular flexibility index (Phi) is 5.16. The van der Waals surface area contributed by atoms with Crippen molar-refractivity contribution in [1.82, 2.24) is 24.7 Å². The van der Waals surface area contributed by atoms with Gasteiger partial charge >= 0.3 is 18.1 Å². The van der Waals surface area contributed by atoms with Gasteiger partial charge in [0.25, 0.3) is 0 Å². The van der Waals surface area contributed by atoms with Gasteiger partial charge in [0.2, 0.25) is 0 Å². The van der Waals surface area contributed by atoms with Crippen molar-refractivity contribution in [3.05, 3.63) is 30.0 Å². The lowest BCUT2D eigenvalue weighted by atomic mass is 9.82. The third kappa shape index (κ3) is 4.08. The molecule has 1 saturated carbocycles. The van der Waals surface area contributed by atoms with Gasteiger partial charge in [-0.15, -0.1) is 0 Å². The molecule has 3 aromatic rings. The maximum Gasteiger partial charge on any atom is 0.456 e. The molecular formula is C20H21F5N6O2. The molecule has 0 spiro atoms. The maximum absolute atomic E-state index is 13.3. The van der Waals surface area contributed by atoms with Gasteiger partial charge < -0.3 is 14.2 Å². The molecule has 1 aliphatic heterocycles. The van der Waals surface area contributed by atoms with Crippen LogP contribution in [0.3, 0.4) is 0 Å². The molecule has 2 aliphatic rings. The first-order chi connectivity index (χ1) is 15.6. The molecule has 3 aromatic heterocycles. The summed E-state index contributed by atoms with van der Waals surface area (Å²) in [5.41, 5.74) is 0.108. The van der Waals surface area contributed by atoms with E-state index in [2.05, 4.69) is 25.1 Å². The first kappa shape index (κ1) is 21.8. The Morgan fingerprint density at radius 1 is 1.12 bits per heavy atom. The zero-order valence-corrected chi connectivity index (χ0v) is 17.6. The first-order valence-electron chi connectivity index (χ1n) is 10.6. The fraction of sp³-hybridized carbons (Fsp3) is 0.600. The maximum atomic E-state index is 13.3. The predicted octanol–water partition coefficient (Wildman–Crippen LogP) is 3.70. The monoisotopic (exact) mass is 472 g/mol. The third-order valence-electron chi connectivity index (χ3n) is 6.43. The average molecular weight is 472 g/mol. The van der Waals surface area contributed by atoms with E-state index in [9.17, 15) is 22.0 Å². The summed E-state index contributed by atoms with van der Waals surface area (Å²) in [7, 11) is 0. The molecule has 13 heteroatoms. The molecule has 1 unspecified atom stereocenters. The zero-order valence-electron chi connectivity index (χ0n) is 17.6. The Bertz CT molecular complexity index is 1130. The number of pyridine rings is 1. The fourth-order valence-electron chi connectivity index (χ4n) is 4.83. The second-order valence-corrected chi connectivity index (χ2v) is 8.65. The van der Waals surface area contributed by atoms with Crippen molar-refractivity contribution >= 4 is 11.7 Å². The standard InChI is InChI=1S/C20H21F5N6O2/c1-11-26-18(33-29-11)30-8-12-4-5-13(9-30)14(12)7-16-27-17-15(3-2-6-31(17)28-16)32-10-19(21,22)20(23,24)25/h2-3,6,12-14H,4-5,7-10H2,1H3/t12-,13+,14?. The van der Waals surface area contributed by atoms with Gasteiger partial charge in [0, 0.05) is 25.7 Å². The minimum Gasteiger partial charge on any atom is -0.483 e. The fourth-order valence-corrected chi connectivity index (χ4v) is 4.83. The van der Waals surface area contributed by atoms with Crippen molar-refractivity contribution in [2.45, 2.75) is 38.3 Å². The first-order valence-corrected chi connectivity index (χ1v) is 10.6. The summed E-state index contributed by atoms with van der Waals surface area (Å²) < 4.78 is 75.3. The number of ether oxygens (including phenoxy) is 1. The minimum absolute atomic E-state index is 0.108. The summed E-state index contributed by atoms with van der Waals surface area (Å²) in [6.07, 6.45) is -1.47. The van der Waals surface area contributed by atoms with Crippen LogP contribution in [0.15, 0.2) is 22.9 Å². The molecule has 2 fully saturated rings. The van der Waals surface area contributed by atoms with Crippen LogP contribution in [-0.2, 0) is 6.42 Å². The third-order valence-corrected chi connectivity index (χ3v) is 6.43. The van der Waals surface area contributed by atoms with Gasteiger partial charge in [-0.3, -0.25) is 0 Å². The number of anilines is 1. The minimum atomic E-state index is -5.69. The molecule has 0 aromatic carbocycles. The van der Waals surface area contributed by atoms with Crippen molar-refractivity contribution in [3.8, 4) is 5.75 Å². The van der Waals surface area contributed by atoms with E-state index < -0.39 is 18.7 Å². The Hall–Kier alpha value is -2.99. The van der Waals surface area contributed by atoms with Crippen LogP contribution in [0, 0.1) is 24.7 Å². The molecular weight excluding hydrogens is 451 g/mol. The van der Waals surface area contributed by atoms with Gasteiger partial charge in [0.1, 0.15) is 0 Å². The van der Waals surface area contributed by atoms with Crippen LogP contribution in [0.4, 0.5) is 28.0 Å². The predicted molar refractivity (Wildman–Crippen MR) is 104 cm³/mol. The Balaban J connectivity index is 1.30. The van der Waals surface area contributed by atoms with E-state index in [1.54, 1.807) is 13.1 Å². The van der Waals surface area contributed by atoms with Crippen LogP contribution in [-0.4, -0.2) is 56.5 Å². The summed E-state index contributed by atoms with van der Waals surface area (Å²) in [6.45, 7) is 1.50. The van der Waals surface area contributed by atoms with Crippen LogP contribution in [0.5, 0.6) is 5.75 Å². The van der Waals surface area contributed by atoms with Crippen molar-refractivity contribution in [2.24, 2.45) is 17.8 Å². The second-order valence-electron chi connectivity index (χ2n) is 8.65. The number of hydrogen-bond donors (Lipinski definition) is 0. The molecule has 4 heterocycles. The van der Waals surface area contributed by atoms with E-state index >= 15 is 0 Å². The Morgan fingerprint density at radius 3 is 2.48 bits per heavy atom. The van der Waals surface area contributed by atoms with E-state index in [0.29, 0.717) is 41.8 Å². The van der Waals surface area contributed by atoms with Crippen LogP contribution in [0.1, 0.15) is 24.5 Å². The normalized spacial score (nSPS) is 23.5. The highest BCUT2D eigenvalue weighted by Crippen LogP contribution is 2.44. The molecule has 2 bridgehead atoms. The van der Waals surface area contributed by atoms with E-state index in [4.69, 9.17) is 9.26 Å². The number of fused-ring (bicyclic) bond motifs is 3. The smallest absolute Gasteiger partial charge is 0.456 e. The molecule has 33 heavy (non-hydrogen) atoms. The molecule has 178 valence electrons. The molecule has 5 rings (SSSR count). The lowest BCUT2D eigenvalue weighted by Gasteiger charge is -2.36. The number of hydrogen-bond acceptors (Lipinski definition) is 7. The molecule has 0 radical (unpaired) electrons. The number of aromatic nitrogens is 5. The Labute approximate surface area is 184 Å². The van der Waals surface area contributed by atoms with Crippen LogP contribution in [0.25, 0.3) is 5.65 Å². The van der Waals surface area contributed by atoms with Gasteiger partial charge in [0.05, 0.1) is 0 Å². The van der Waals surface area contributed by atoms with Crippen LogP contribution >= 0.6 is 0 Å². The largest absolute Gasteiger partial charge is 0.483 e. The highest BCUT2D eigenvalue weighted by atomic mass is 19.4. The summed E-state index contributed by atoms with van der Waals surface area (Å²) >= 11 is 0. The molecule has 0 amide bonds. The van der Waals surface area contributed by atoms with E-state index in [1.807, 2.05) is 0 Å². The van der Waals surface area contributed by atoms with E-state index in [1.165, 1.54) is 16.6 Å². The van der Waals surface area contributed by atoms with Crippen molar-refractivity contribution < 1.29 is 31.2 Å². The summed E-state index contributed by atoms with van der Waals surface area (Å²) in [6, 6.07) is 3.28. The molecule has 3 atom stereocenters. The lowest BCUT2D eigenvalue weighted by molar-refractivity contribution is -0.289. The van der Waals surface area contributed by atoms with E-state index in [0.717, 1.165) is 25.9 Å². The second kappa shape index (κ2) is 7.80. The summed E-state index contributed by atoms with van der Waals surface area (Å²) in [5, 5.41) is 8.25. The zero-order chi connectivity index (χ0) is 23.4. The number of aryl methyl sites for hydroxylation is 1. The van der Waals surface area contributed by atoms with Gasteiger partial charge in [-0.05, 0) is 49.7 Å². The SMILES string of the molecule is Cc1noc(N2C[C@H]3CC[C@@H](C2)C3Cc2nc3c(OCC(F)(F)C(F)(F)F)cccn3n2)n1. The topological polar surface area (TPSA) is 81.6 Å². The van der Waals surface area contributed by atoms with Crippen LogP contribution < -0.4 is 9.64 Å². The number of rotatable bonds is 6. The Morgan fingerprint density at radius 2 is 1.85 bits per heavy atom. The number of nitrogens with zero attached hydrogens (tertiary/aromatic N) is 6. The molecule has 8 nitrogen and oxygen atoms in total.